The maximum Gasteiger partial charge on any atom is 0.146 e. The molecule has 1 atom stereocenters. The van der Waals surface area contributed by atoms with Gasteiger partial charge in [-0.3, -0.25) is 0 Å². The van der Waals surface area contributed by atoms with Crippen LogP contribution >= 0.6 is 0 Å². The Kier molecular flexibility index (Phi) is 4.39. The molecular formula is C16H18FNO. The summed E-state index contributed by atoms with van der Waals surface area (Å²) in [7, 11) is 1.65. The number of nitrogens with one attached hydrogen (secondary N) is 1. The normalized spacial score (nSPS) is 11.9. The minimum absolute atomic E-state index is 0.158. The number of halogens is 1. The summed E-state index contributed by atoms with van der Waals surface area (Å²) >= 11 is 0. The Labute approximate surface area is 113 Å². The molecule has 0 heterocycles. The predicted molar refractivity (Wildman–Crippen MR) is 76.2 cm³/mol. The lowest BCUT2D eigenvalue weighted by molar-refractivity contribution is 0.414. The lowest BCUT2D eigenvalue weighted by atomic mass is 10.1. The number of para-hydroxylation sites is 1. The molecule has 2 rings (SSSR count). The molecule has 0 unspecified atom stereocenters. The number of benzene rings is 2. The van der Waals surface area contributed by atoms with Gasteiger partial charge in [-0.15, -0.1) is 0 Å². The van der Waals surface area contributed by atoms with Crippen molar-refractivity contribution in [1.29, 1.82) is 0 Å². The van der Waals surface area contributed by atoms with E-state index in [1.807, 2.05) is 37.3 Å². The first-order valence-corrected chi connectivity index (χ1v) is 6.33. The topological polar surface area (TPSA) is 21.3 Å². The van der Waals surface area contributed by atoms with Gasteiger partial charge in [0.2, 0.25) is 0 Å². The number of ether oxygens (including phenoxy) is 1. The van der Waals surface area contributed by atoms with Crippen LogP contribution in [0.3, 0.4) is 0 Å². The highest BCUT2D eigenvalue weighted by atomic mass is 19.1. The fourth-order valence-electron chi connectivity index (χ4n) is 2.01. The lowest BCUT2D eigenvalue weighted by Gasteiger charge is -2.16. The monoisotopic (exact) mass is 259 g/mol. The van der Waals surface area contributed by atoms with Gasteiger partial charge < -0.3 is 10.1 Å². The second-order valence-electron chi connectivity index (χ2n) is 4.58. The molecule has 2 aromatic carbocycles. The van der Waals surface area contributed by atoms with Gasteiger partial charge in [-0.25, -0.2) is 4.39 Å². The highest BCUT2D eigenvalue weighted by molar-refractivity contribution is 5.45. The molecule has 3 heteroatoms. The molecule has 1 N–H and O–H groups in total. The van der Waals surface area contributed by atoms with Crippen molar-refractivity contribution >= 4 is 5.69 Å². The highest BCUT2D eigenvalue weighted by Crippen LogP contribution is 2.17. The molecule has 100 valence electrons. The summed E-state index contributed by atoms with van der Waals surface area (Å²) in [6.45, 7) is 2.04. The number of methoxy groups -OCH3 is 1. The molecule has 0 amide bonds. The first-order chi connectivity index (χ1) is 9.19. The molecule has 0 bridgehead atoms. The molecule has 0 saturated carbocycles. The van der Waals surface area contributed by atoms with Crippen LogP contribution in [-0.4, -0.2) is 13.2 Å². The molecule has 19 heavy (non-hydrogen) atoms. The molecule has 0 fully saturated rings. The van der Waals surface area contributed by atoms with Gasteiger partial charge in [0.05, 0.1) is 12.8 Å². The van der Waals surface area contributed by atoms with Crippen molar-refractivity contribution in [3.63, 3.8) is 0 Å². The van der Waals surface area contributed by atoms with Crippen molar-refractivity contribution in [3.8, 4) is 5.75 Å². The Hall–Kier alpha value is -2.03. The van der Waals surface area contributed by atoms with Crippen LogP contribution in [0.4, 0.5) is 10.1 Å². The van der Waals surface area contributed by atoms with Gasteiger partial charge in [-0.05, 0) is 43.2 Å². The third-order valence-electron chi connectivity index (χ3n) is 2.98. The smallest absolute Gasteiger partial charge is 0.146 e. The van der Waals surface area contributed by atoms with Gasteiger partial charge in [0.25, 0.3) is 0 Å². The second kappa shape index (κ2) is 6.23. The highest BCUT2D eigenvalue weighted by Gasteiger charge is 2.06. The minimum Gasteiger partial charge on any atom is -0.497 e. The summed E-state index contributed by atoms with van der Waals surface area (Å²) < 4.78 is 18.6. The zero-order valence-electron chi connectivity index (χ0n) is 11.2. The van der Waals surface area contributed by atoms with Crippen LogP contribution in [0.5, 0.6) is 5.75 Å². The Morgan fingerprint density at radius 3 is 2.42 bits per heavy atom. The first-order valence-electron chi connectivity index (χ1n) is 6.33. The van der Waals surface area contributed by atoms with Crippen molar-refractivity contribution in [2.75, 3.05) is 12.4 Å². The quantitative estimate of drug-likeness (QED) is 0.880. The van der Waals surface area contributed by atoms with Gasteiger partial charge in [0.1, 0.15) is 11.6 Å². The molecule has 0 saturated heterocycles. The second-order valence-corrected chi connectivity index (χ2v) is 4.58. The van der Waals surface area contributed by atoms with Crippen LogP contribution in [0.1, 0.15) is 12.5 Å². The Bertz CT molecular complexity index is 525. The van der Waals surface area contributed by atoms with Gasteiger partial charge in [-0.2, -0.15) is 0 Å². The molecule has 2 nitrogen and oxygen atoms in total. The summed E-state index contributed by atoms with van der Waals surface area (Å²) in [6.07, 6.45) is 0.832. The summed E-state index contributed by atoms with van der Waals surface area (Å²) in [5.74, 6) is 0.627. The van der Waals surface area contributed by atoms with E-state index < -0.39 is 0 Å². The van der Waals surface area contributed by atoms with Crippen LogP contribution < -0.4 is 10.1 Å². The van der Waals surface area contributed by atoms with Crippen LogP contribution in [-0.2, 0) is 6.42 Å². The van der Waals surface area contributed by atoms with Gasteiger partial charge in [-0.1, -0.05) is 24.3 Å². The zero-order valence-corrected chi connectivity index (χ0v) is 11.2. The number of rotatable bonds is 5. The van der Waals surface area contributed by atoms with E-state index in [1.165, 1.54) is 11.6 Å². The van der Waals surface area contributed by atoms with Crippen molar-refractivity contribution in [3.05, 3.63) is 59.9 Å². The maximum atomic E-state index is 13.5. The van der Waals surface area contributed by atoms with Gasteiger partial charge in [0, 0.05) is 6.04 Å². The average molecular weight is 259 g/mol. The predicted octanol–water partition coefficient (Wildman–Crippen LogP) is 3.88. The molecular weight excluding hydrogens is 241 g/mol. The van der Waals surface area contributed by atoms with E-state index in [4.69, 9.17) is 4.74 Å². The van der Waals surface area contributed by atoms with E-state index in [1.54, 1.807) is 19.2 Å². The van der Waals surface area contributed by atoms with Crippen molar-refractivity contribution < 1.29 is 9.13 Å². The van der Waals surface area contributed by atoms with Crippen LogP contribution in [0.2, 0.25) is 0 Å². The molecule has 0 aliphatic rings. The third-order valence-corrected chi connectivity index (χ3v) is 2.98. The summed E-state index contributed by atoms with van der Waals surface area (Å²) in [4.78, 5) is 0. The Balaban J connectivity index is 1.97. The lowest BCUT2D eigenvalue weighted by Crippen LogP contribution is -2.18. The van der Waals surface area contributed by atoms with Crippen molar-refractivity contribution in [2.45, 2.75) is 19.4 Å². The average Bonchev–Trinajstić information content (AvgIpc) is 2.42. The molecule has 2 aromatic rings. The SMILES string of the molecule is COc1ccc(C[C@@H](C)Nc2ccccc2F)cc1. The van der Waals surface area contributed by atoms with Crippen molar-refractivity contribution in [1.82, 2.24) is 0 Å². The Morgan fingerprint density at radius 1 is 1.11 bits per heavy atom. The molecule has 0 radical (unpaired) electrons. The number of anilines is 1. The maximum absolute atomic E-state index is 13.5. The molecule has 0 aromatic heterocycles. The fourth-order valence-corrected chi connectivity index (χ4v) is 2.01. The van der Waals surface area contributed by atoms with E-state index in [0.717, 1.165) is 12.2 Å². The summed E-state index contributed by atoms with van der Waals surface area (Å²) in [6, 6.07) is 14.8. The van der Waals surface area contributed by atoms with Crippen LogP contribution in [0.25, 0.3) is 0 Å². The number of hydrogen-bond donors (Lipinski definition) is 1. The van der Waals surface area contributed by atoms with Crippen LogP contribution in [0.15, 0.2) is 48.5 Å². The Morgan fingerprint density at radius 2 is 1.79 bits per heavy atom. The van der Waals surface area contributed by atoms with Crippen LogP contribution in [0, 0.1) is 5.82 Å². The first kappa shape index (κ1) is 13.4. The van der Waals surface area contributed by atoms with Gasteiger partial charge >= 0.3 is 0 Å². The molecule has 0 aliphatic carbocycles. The number of hydrogen-bond acceptors (Lipinski definition) is 2. The largest absolute Gasteiger partial charge is 0.497 e. The fraction of sp³-hybridized carbons (Fsp3) is 0.250. The van der Waals surface area contributed by atoms with Crippen molar-refractivity contribution in [2.24, 2.45) is 0 Å². The molecule has 0 aliphatic heterocycles. The van der Waals surface area contributed by atoms with E-state index >= 15 is 0 Å². The summed E-state index contributed by atoms with van der Waals surface area (Å²) in [5, 5.41) is 3.18. The van der Waals surface area contributed by atoms with E-state index in [2.05, 4.69) is 5.32 Å². The molecule has 0 spiro atoms. The van der Waals surface area contributed by atoms with E-state index in [9.17, 15) is 4.39 Å². The van der Waals surface area contributed by atoms with Gasteiger partial charge in [0.15, 0.2) is 0 Å². The summed E-state index contributed by atoms with van der Waals surface area (Å²) in [5.41, 5.74) is 1.74. The minimum atomic E-state index is -0.218. The zero-order chi connectivity index (χ0) is 13.7. The van der Waals surface area contributed by atoms with E-state index in [0.29, 0.717) is 5.69 Å². The standard InChI is InChI=1S/C16H18FNO/c1-12(18-16-6-4-3-5-15(16)17)11-13-7-9-14(19-2)10-8-13/h3-10,12,18H,11H2,1-2H3/t12-/m1/s1. The van der Waals surface area contributed by atoms with E-state index in [-0.39, 0.29) is 11.9 Å². The third kappa shape index (κ3) is 3.71.